The lowest BCUT2D eigenvalue weighted by atomic mass is 10.1. The lowest BCUT2D eigenvalue weighted by molar-refractivity contribution is -0.767. The molecule has 0 amide bonds. The largest absolute Gasteiger partial charge is 0.468 e. The van der Waals surface area contributed by atoms with Crippen LogP contribution in [0.25, 0.3) is 21.5 Å². The van der Waals surface area contributed by atoms with Crippen molar-refractivity contribution in [1.29, 1.82) is 0 Å². The van der Waals surface area contributed by atoms with Crippen LogP contribution in [0.1, 0.15) is 0 Å². The van der Waals surface area contributed by atoms with Crippen LogP contribution in [0, 0.1) is 10.1 Å². The van der Waals surface area contributed by atoms with Gasteiger partial charge in [-0.2, -0.15) is 0 Å². The van der Waals surface area contributed by atoms with E-state index in [9.17, 15) is 34.1 Å². The lowest BCUT2D eigenvalue weighted by Crippen LogP contribution is -2.29. The van der Waals surface area contributed by atoms with Crippen molar-refractivity contribution in [2.45, 2.75) is 13.3 Å². The molecule has 2 aromatic heterocycles. The summed E-state index contributed by atoms with van der Waals surface area (Å²) in [5, 5.41) is 8.38. The Balaban J connectivity index is 2.27. The highest BCUT2D eigenvalue weighted by atomic mass is 17.0. The van der Waals surface area contributed by atoms with Crippen LogP contribution in [-0.4, -0.2) is 27.3 Å². The zero-order valence-electron chi connectivity index (χ0n) is 13.1. The molecule has 0 saturated carbocycles. The minimum absolute atomic E-state index is 0.157. The minimum Gasteiger partial charge on any atom is -0.468 e. The number of carbonyl (C=O) groups excluding carboxylic acids is 1. The van der Waals surface area contributed by atoms with Crippen LogP contribution >= 0.6 is 0 Å². The number of methoxy groups -OCH3 is 1. The maximum Gasteiger partial charge on any atom is 0.325 e. The summed E-state index contributed by atoms with van der Waals surface area (Å²) in [4.78, 5) is 74.7. The highest BCUT2D eigenvalue weighted by molar-refractivity contribution is 5.98. The van der Waals surface area contributed by atoms with E-state index < -0.39 is 46.6 Å². The van der Waals surface area contributed by atoms with Crippen molar-refractivity contribution in [3.63, 3.8) is 0 Å². The van der Waals surface area contributed by atoms with Crippen molar-refractivity contribution in [3.05, 3.63) is 63.7 Å². The Bertz CT molecular complexity index is 1190. The van der Waals surface area contributed by atoms with Gasteiger partial charge < -0.3 is 4.74 Å². The van der Waals surface area contributed by atoms with Gasteiger partial charge in [0.25, 0.3) is 27.3 Å². The third-order valence-electron chi connectivity index (χ3n) is 3.87. The first-order chi connectivity index (χ1) is 12.3. The Morgan fingerprint density at radius 1 is 0.962 bits per heavy atom. The molecule has 0 bridgehead atoms. The van der Waals surface area contributed by atoms with Gasteiger partial charge in [-0.3, -0.25) is 33.4 Å². The quantitative estimate of drug-likeness (QED) is 0.291. The van der Waals surface area contributed by atoms with E-state index in [1.807, 2.05) is 0 Å². The Hall–Kier alpha value is -3.83. The first kappa shape index (κ1) is 17.0. The van der Waals surface area contributed by atoms with E-state index in [4.69, 9.17) is 0 Å². The molecular formula is C14H9N3O9. The number of hydrogen-bond acceptors (Lipinski definition) is 9. The number of hydrogen-bond donors (Lipinski definition) is 0. The first-order valence-electron chi connectivity index (χ1n) is 7.00. The fraction of sp³-hybridized carbons (Fsp3) is 0.214. The molecule has 0 atom stereocenters. The Labute approximate surface area is 141 Å². The van der Waals surface area contributed by atoms with Gasteiger partial charge in [0.15, 0.2) is 6.73 Å². The molecule has 0 saturated heterocycles. The fourth-order valence-corrected chi connectivity index (χ4v) is 2.63. The maximum absolute atomic E-state index is 12.3. The predicted molar refractivity (Wildman–Crippen MR) is 85.0 cm³/mol. The molecule has 0 aliphatic rings. The average molecular weight is 363 g/mol. The summed E-state index contributed by atoms with van der Waals surface area (Å²) in [7, 11) is 1.09. The Morgan fingerprint density at radius 2 is 1.38 bits per heavy atom. The van der Waals surface area contributed by atoms with Crippen LogP contribution in [0.4, 0.5) is 0 Å². The van der Waals surface area contributed by atoms with Crippen molar-refractivity contribution in [2.75, 3.05) is 7.11 Å². The summed E-state index contributed by atoms with van der Waals surface area (Å²) in [6.07, 6.45) is 0. The van der Waals surface area contributed by atoms with Gasteiger partial charge in [0, 0.05) is 0 Å². The molecule has 0 radical (unpaired) electrons. The summed E-state index contributed by atoms with van der Waals surface area (Å²) in [5.74, 6) is -0.817. The first-order valence-corrected chi connectivity index (χ1v) is 7.00. The van der Waals surface area contributed by atoms with Gasteiger partial charge in [0.05, 0.1) is 28.7 Å². The van der Waals surface area contributed by atoms with E-state index in [-0.39, 0.29) is 21.5 Å². The minimum atomic E-state index is -1.17. The van der Waals surface area contributed by atoms with Gasteiger partial charge in [-0.15, -0.1) is 10.1 Å². The molecule has 134 valence electrons. The van der Waals surface area contributed by atoms with Crippen molar-refractivity contribution in [2.24, 2.45) is 0 Å². The van der Waals surface area contributed by atoms with Crippen molar-refractivity contribution >= 4 is 27.5 Å². The van der Waals surface area contributed by atoms with Crippen molar-refractivity contribution < 1.29 is 19.5 Å². The second-order valence-electron chi connectivity index (χ2n) is 5.24. The van der Waals surface area contributed by atoms with E-state index in [1.54, 1.807) is 0 Å². The maximum atomic E-state index is 12.3. The topological polar surface area (TPSA) is 157 Å². The summed E-state index contributed by atoms with van der Waals surface area (Å²) in [5.41, 5.74) is -3.44. The Morgan fingerprint density at radius 3 is 1.77 bits per heavy atom. The molecule has 0 spiro atoms. The van der Waals surface area contributed by atoms with E-state index in [2.05, 4.69) is 9.57 Å². The number of rotatable bonds is 5. The smallest absolute Gasteiger partial charge is 0.325 e. The lowest BCUT2D eigenvalue weighted by Gasteiger charge is -1.97. The highest BCUT2D eigenvalue weighted by Gasteiger charge is 2.20. The molecule has 1 aromatic carbocycles. The highest BCUT2D eigenvalue weighted by Crippen LogP contribution is 2.14. The third kappa shape index (κ3) is 2.44. The SMILES string of the molecule is COC(=O)Cn1c(=O)c2cc3c(=O)n(CO[N+](=O)[O-])c(=O)c3cc2c1=O. The summed E-state index contributed by atoms with van der Waals surface area (Å²) in [6, 6.07) is 2.10. The number of carbonyl (C=O) groups is 1. The van der Waals surface area contributed by atoms with Gasteiger partial charge in [0.1, 0.15) is 6.54 Å². The normalized spacial score (nSPS) is 11.1. The average Bonchev–Trinajstić information content (AvgIpc) is 2.98. The molecule has 0 fully saturated rings. The molecule has 12 heteroatoms. The van der Waals surface area contributed by atoms with Crippen molar-refractivity contribution in [3.8, 4) is 0 Å². The second kappa shape index (κ2) is 5.91. The van der Waals surface area contributed by atoms with Gasteiger partial charge in [-0.1, -0.05) is 0 Å². The number of nitrogens with zero attached hydrogens (tertiary/aromatic N) is 3. The van der Waals surface area contributed by atoms with Gasteiger partial charge >= 0.3 is 5.97 Å². The summed E-state index contributed by atoms with van der Waals surface area (Å²) >= 11 is 0. The number of ether oxygens (including phenoxy) is 1. The molecular weight excluding hydrogens is 354 g/mol. The molecule has 0 aliphatic heterocycles. The van der Waals surface area contributed by atoms with Gasteiger partial charge in [0.2, 0.25) is 0 Å². The standard InChI is InChI=1S/C14H9N3O9/c1-25-10(18)4-15-11(19)6-2-8-9(3-7(6)12(15)20)14(22)16(13(8)21)5-26-17(23)24/h2-3H,4-5H2,1H3. The van der Waals surface area contributed by atoms with Gasteiger partial charge in [-0.05, 0) is 12.1 Å². The van der Waals surface area contributed by atoms with Crippen LogP contribution in [0.2, 0.25) is 0 Å². The molecule has 2 heterocycles. The summed E-state index contributed by atoms with van der Waals surface area (Å²) < 4.78 is 5.52. The zero-order chi connectivity index (χ0) is 19.2. The number of esters is 1. The number of aromatic nitrogens is 2. The monoisotopic (exact) mass is 363 g/mol. The number of fused-ring (bicyclic) bond motifs is 2. The van der Waals surface area contributed by atoms with Crippen molar-refractivity contribution in [1.82, 2.24) is 9.13 Å². The van der Waals surface area contributed by atoms with Crippen LogP contribution in [0.5, 0.6) is 0 Å². The predicted octanol–water partition coefficient (Wildman–Crippen LogP) is -1.75. The molecule has 3 rings (SSSR count). The van der Waals surface area contributed by atoms with E-state index in [0.29, 0.717) is 9.13 Å². The van der Waals surface area contributed by atoms with E-state index in [0.717, 1.165) is 19.2 Å². The van der Waals surface area contributed by atoms with Crippen LogP contribution < -0.4 is 22.2 Å². The molecule has 3 aromatic rings. The molecule has 26 heavy (non-hydrogen) atoms. The van der Waals surface area contributed by atoms with Crippen LogP contribution in [0.15, 0.2) is 31.3 Å². The van der Waals surface area contributed by atoms with Crippen LogP contribution in [0.3, 0.4) is 0 Å². The third-order valence-corrected chi connectivity index (χ3v) is 3.87. The molecule has 0 aliphatic carbocycles. The molecule has 0 unspecified atom stereocenters. The summed E-state index contributed by atoms with van der Waals surface area (Å²) in [6.45, 7) is -1.53. The second-order valence-corrected chi connectivity index (χ2v) is 5.24. The van der Waals surface area contributed by atoms with E-state index >= 15 is 0 Å². The number of benzene rings is 1. The fourth-order valence-electron chi connectivity index (χ4n) is 2.63. The van der Waals surface area contributed by atoms with Crippen LogP contribution in [-0.2, 0) is 27.6 Å². The van der Waals surface area contributed by atoms with E-state index in [1.165, 1.54) is 0 Å². The zero-order valence-corrected chi connectivity index (χ0v) is 13.1. The molecule has 12 nitrogen and oxygen atoms in total. The molecule has 0 N–H and O–H groups in total. The van der Waals surface area contributed by atoms with Gasteiger partial charge in [-0.25, -0.2) is 4.57 Å². The Kier molecular flexibility index (Phi) is 3.87.